The molecular formula is C27H27IrN5-2. The third-order valence-electron chi connectivity index (χ3n) is 4.82. The Morgan fingerprint density at radius 3 is 2.12 bits per heavy atom. The third kappa shape index (κ3) is 6.41. The summed E-state index contributed by atoms with van der Waals surface area (Å²) in [7, 11) is 0. The summed E-state index contributed by atoms with van der Waals surface area (Å²) in [6, 6.07) is 26.0. The number of aromatic nitrogens is 5. The molecule has 0 aliphatic rings. The van der Waals surface area contributed by atoms with Crippen molar-refractivity contribution >= 4 is 10.9 Å². The molecule has 5 aromatic rings. The van der Waals surface area contributed by atoms with Gasteiger partial charge in [-0.3, -0.25) is 4.98 Å². The number of rotatable bonds is 2. The van der Waals surface area contributed by atoms with E-state index in [4.69, 9.17) is 0 Å². The maximum atomic E-state index is 4.37. The SMILES string of the molecule is CC(C)(C)c1cc(-c2ccccn2)[n-]n1.[CH3-].[Ir].c1ccc(-c2ncnc3ccccc23)cc1. The van der Waals surface area contributed by atoms with Gasteiger partial charge in [0.15, 0.2) is 0 Å². The summed E-state index contributed by atoms with van der Waals surface area (Å²) in [6.45, 7) is 6.37. The molecule has 33 heavy (non-hydrogen) atoms. The van der Waals surface area contributed by atoms with Crippen molar-refractivity contribution in [3.63, 3.8) is 0 Å². The van der Waals surface area contributed by atoms with Crippen molar-refractivity contribution in [2.45, 2.75) is 26.2 Å². The van der Waals surface area contributed by atoms with E-state index < -0.39 is 0 Å². The van der Waals surface area contributed by atoms with Gasteiger partial charge >= 0.3 is 0 Å². The molecule has 2 aromatic carbocycles. The van der Waals surface area contributed by atoms with Crippen molar-refractivity contribution in [3.05, 3.63) is 105 Å². The molecule has 0 aliphatic carbocycles. The number of hydrogen-bond donors (Lipinski definition) is 0. The van der Waals surface area contributed by atoms with Crippen molar-refractivity contribution in [3.8, 4) is 22.6 Å². The second kappa shape index (κ2) is 11.6. The Morgan fingerprint density at radius 2 is 1.45 bits per heavy atom. The predicted octanol–water partition coefficient (Wildman–Crippen LogP) is 6.14. The molecule has 171 valence electrons. The van der Waals surface area contributed by atoms with E-state index in [0.717, 1.165) is 39.2 Å². The van der Waals surface area contributed by atoms with Gasteiger partial charge in [-0.2, -0.15) is 0 Å². The Kier molecular flexibility index (Phi) is 9.15. The molecule has 0 atom stereocenters. The molecule has 5 nitrogen and oxygen atoms in total. The topological polar surface area (TPSA) is 65.7 Å². The molecule has 6 heteroatoms. The van der Waals surface area contributed by atoms with Crippen LogP contribution in [0, 0.1) is 7.43 Å². The molecule has 3 aromatic heterocycles. The molecule has 0 saturated carbocycles. The number of nitrogens with zero attached hydrogens (tertiary/aromatic N) is 5. The molecule has 0 bridgehead atoms. The molecule has 0 N–H and O–H groups in total. The average molecular weight is 614 g/mol. The Morgan fingerprint density at radius 1 is 0.758 bits per heavy atom. The van der Waals surface area contributed by atoms with Gasteiger partial charge in [-0.05, 0) is 18.2 Å². The fraction of sp³-hybridized carbons (Fsp3) is 0.148. The van der Waals surface area contributed by atoms with E-state index in [-0.39, 0.29) is 32.9 Å². The summed E-state index contributed by atoms with van der Waals surface area (Å²) in [4.78, 5) is 12.9. The fourth-order valence-corrected chi connectivity index (χ4v) is 3.13. The summed E-state index contributed by atoms with van der Waals surface area (Å²) in [5, 5.41) is 9.41. The minimum absolute atomic E-state index is 0. The van der Waals surface area contributed by atoms with E-state index in [1.165, 1.54) is 0 Å². The Hall–Kier alpha value is -3.21. The van der Waals surface area contributed by atoms with Crippen LogP contribution >= 0.6 is 0 Å². The molecule has 3 heterocycles. The van der Waals surface area contributed by atoms with Gasteiger partial charge in [0.1, 0.15) is 6.33 Å². The van der Waals surface area contributed by atoms with Gasteiger partial charge in [0.2, 0.25) is 0 Å². The van der Waals surface area contributed by atoms with Gasteiger partial charge < -0.3 is 17.6 Å². The van der Waals surface area contributed by atoms with Crippen LogP contribution in [0.4, 0.5) is 0 Å². The first-order valence-electron chi connectivity index (χ1n) is 10.2. The zero-order valence-corrected chi connectivity index (χ0v) is 21.6. The second-order valence-electron chi connectivity index (χ2n) is 8.19. The first kappa shape index (κ1) is 26.0. The minimum Gasteiger partial charge on any atom is -0.573 e. The summed E-state index contributed by atoms with van der Waals surface area (Å²) in [5.41, 5.74) is 5.87. The maximum Gasteiger partial charge on any atom is 0.116 e. The molecule has 0 spiro atoms. The van der Waals surface area contributed by atoms with Crippen LogP contribution in [0.1, 0.15) is 26.5 Å². The summed E-state index contributed by atoms with van der Waals surface area (Å²) in [5.74, 6) is 0. The minimum atomic E-state index is 0. The second-order valence-corrected chi connectivity index (χ2v) is 8.19. The Bertz CT molecular complexity index is 1260. The molecular weight excluding hydrogens is 587 g/mol. The van der Waals surface area contributed by atoms with Gasteiger partial charge in [0.25, 0.3) is 0 Å². The Labute approximate surface area is 209 Å². The molecule has 0 fully saturated rings. The normalized spacial score (nSPS) is 10.4. The average Bonchev–Trinajstić information content (AvgIpc) is 3.32. The number of fused-ring (bicyclic) bond motifs is 1. The molecule has 1 radical (unpaired) electrons. The van der Waals surface area contributed by atoms with Crippen LogP contribution in [0.15, 0.2) is 91.4 Å². The van der Waals surface area contributed by atoms with Crippen molar-refractivity contribution < 1.29 is 20.1 Å². The molecule has 0 unspecified atom stereocenters. The zero-order valence-electron chi connectivity index (χ0n) is 19.2. The van der Waals surface area contributed by atoms with Crippen LogP contribution in [-0.4, -0.2) is 20.1 Å². The van der Waals surface area contributed by atoms with E-state index in [0.29, 0.717) is 0 Å². The Balaban J connectivity index is 0.000000221. The van der Waals surface area contributed by atoms with E-state index >= 15 is 0 Å². The van der Waals surface area contributed by atoms with Gasteiger partial charge in [0, 0.05) is 54.1 Å². The fourth-order valence-electron chi connectivity index (χ4n) is 3.13. The van der Waals surface area contributed by atoms with Crippen LogP contribution in [-0.2, 0) is 25.5 Å². The summed E-state index contributed by atoms with van der Waals surface area (Å²) >= 11 is 0. The first-order valence-corrected chi connectivity index (χ1v) is 10.2. The van der Waals surface area contributed by atoms with Crippen LogP contribution in [0.2, 0.25) is 0 Å². The van der Waals surface area contributed by atoms with Crippen molar-refractivity contribution in [1.29, 1.82) is 0 Å². The number of para-hydroxylation sites is 1. The van der Waals surface area contributed by atoms with Crippen molar-refractivity contribution in [2.24, 2.45) is 0 Å². The monoisotopic (exact) mass is 614 g/mol. The smallest absolute Gasteiger partial charge is 0.116 e. The first-order chi connectivity index (χ1) is 15.0. The van der Waals surface area contributed by atoms with Crippen molar-refractivity contribution in [2.75, 3.05) is 0 Å². The van der Waals surface area contributed by atoms with E-state index in [1.54, 1.807) is 12.5 Å². The third-order valence-corrected chi connectivity index (χ3v) is 4.82. The van der Waals surface area contributed by atoms with E-state index in [1.807, 2.05) is 60.7 Å². The van der Waals surface area contributed by atoms with Crippen LogP contribution in [0.5, 0.6) is 0 Å². The van der Waals surface area contributed by atoms with Crippen LogP contribution in [0.25, 0.3) is 33.5 Å². The quantitative estimate of drug-likeness (QED) is 0.224. The molecule has 0 aliphatic heterocycles. The molecule has 5 rings (SSSR count). The number of hydrogen-bond acceptors (Lipinski definition) is 4. The van der Waals surface area contributed by atoms with Gasteiger partial charge in [-0.25, -0.2) is 9.97 Å². The maximum absolute atomic E-state index is 4.37. The predicted molar refractivity (Wildman–Crippen MR) is 131 cm³/mol. The van der Waals surface area contributed by atoms with E-state index in [2.05, 4.69) is 64.1 Å². The summed E-state index contributed by atoms with van der Waals surface area (Å²) in [6.07, 6.45) is 3.38. The van der Waals surface area contributed by atoms with Gasteiger partial charge in [-0.15, -0.1) is 0 Å². The summed E-state index contributed by atoms with van der Waals surface area (Å²) < 4.78 is 0. The standard InChI is InChI=1S/C14H10N2.C12H14N3.CH3.Ir/c1-2-6-11(7-3-1)14-12-8-4-5-9-13(12)15-10-16-14;1-12(2,3)11-8-10(14-15-11)9-6-4-5-7-13-9;;/h1-10H;4-8H,1-3H3;1H3;/q;2*-1;. The number of benzene rings is 2. The molecule has 0 amide bonds. The van der Waals surface area contributed by atoms with Crippen LogP contribution < -0.4 is 5.10 Å². The largest absolute Gasteiger partial charge is 0.573 e. The molecule has 0 saturated heterocycles. The van der Waals surface area contributed by atoms with Gasteiger partial charge in [-0.1, -0.05) is 87.1 Å². The van der Waals surface area contributed by atoms with Crippen LogP contribution in [0.3, 0.4) is 0 Å². The van der Waals surface area contributed by atoms with E-state index in [9.17, 15) is 0 Å². The van der Waals surface area contributed by atoms with Crippen molar-refractivity contribution in [1.82, 2.24) is 25.1 Å². The number of pyridine rings is 1. The van der Waals surface area contributed by atoms with Gasteiger partial charge in [0.05, 0.1) is 11.2 Å². The zero-order chi connectivity index (χ0) is 21.7.